The summed E-state index contributed by atoms with van der Waals surface area (Å²) in [7, 11) is 0. The minimum absolute atomic E-state index is 0.0974. The minimum Gasteiger partial charge on any atom is -0.166 e. The average Bonchev–Trinajstić information content (AvgIpc) is 2.23. The van der Waals surface area contributed by atoms with Crippen LogP contribution in [-0.2, 0) is 18.8 Å². The van der Waals surface area contributed by atoms with Crippen LogP contribution in [0.5, 0.6) is 0 Å². The fourth-order valence-electron chi connectivity index (χ4n) is 1.59. The molecule has 0 N–H and O–H groups in total. The van der Waals surface area contributed by atoms with Gasteiger partial charge in [0.05, 0.1) is 11.1 Å². The SMILES string of the molecule is CCc1cc(C(F)(F)F)c(C(F)(F)F)cc1SC(F)(F)F. The van der Waals surface area contributed by atoms with E-state index in [1.165, 1.54) is 6.92 Å². The first-order valence-electron chi connectivity index (χ1n) is 5.32. The number of rotatable bonds is 2. The summed E-state index contributed by atoms with van der Waals surface area (Å²) in [6.07, 6.45) is -11.0. The fraction of sp³-hybridized carbons (Fsp3) is 0.455. The van der Waals surface area contributed by atoms with Gasteiger partial charge in [-0.15, -0.1) is 0 Å². The van der Waals surface area contributed by atoms with Gasteiger partial charge in [-0.25, -0.2) is 0 Å². The van der Waals surface area contributed by atoms with Crippen molar-refractivity contribution in [2.75, 3.05) is 0 Å². The van der Waals surface area contributed by atoms with Gasteiger partial charge < -0.3 is 0 Å². The van der Waals surface area contributed by atoms with Gasteiger partial charge in [-0.1, -0.05) is 6.92 Å². The van der Waals surface area contributed by atoms with Crippen LogP contribution in [0.2, 0.25) is 0 Å². The van der Waals surface area contributed by atoms with E-state index in [2.05, 4.69) is 0 Å². The van der Waals surface area contributed by atoms with Gasteiger partial charge >= 0.3 is 17.9 Å². The molecule has 0 radical (unpaired) electrons. The van der Waals surface area contributed by atoms with Crippen LogP contribution >= 0.6 is 11.8 Å². The lowest BCUT2D eigenvalue weighted by molar-refractivity contribution is -0.162. The number of hydrogen-bond acceptors (Lipinski definition) is 1. The molecule has 1 rings (SSSR count). The van der Waals surface area contributed by atoms with Crippen molar-refractivity contribution in [3.63, 3.8) is 0 Å². The van der Waals surface area contributed by atoms with E-state index in [4.69, 9.17) is 0 Å². The molecule has 0 atom stereocenters. The lowest BCUT2D eigenvalue weighted by atomic mass is 10.0. The van der Waals surface area contributed by atoms with E-state index in [0.717, 1.165) is 0 Å². The number of alkyl halides is 9. The Bertz CT molecular complexity index is 510. The molecule has 0 unspecified atom stereocenters. The van der Waals surface area contributed by atoms with Crippen molar-refractivity contribution in [3.05, 3.63) is 28.8 Å². The highest BCUT2D eigenvalue weighted by Crippen LogP contribution is 2.46. The first-order valence-corrected chi connectivity index (χ1v) is 6.14. The number of benzene rings is 1. The number of aryl methyl sites for hydroxylation is 1. The molecular formula is C11H7F9S. The molecule has 120 valence electrons. The van der Waals surface area contributed by atoms with Crippen molar-refractivity contribution >= 4 is 11.8 Å². The molecule has 0 nitrogen and oxygen atoms in total. The second-order valence-corrected chi connectivity index (χ2v) is 5.01. The molecule has 21 heavy (non-hydrogen) atoms. The topological polar surface area (TPSA) is 0 Å². The van der Waals surface area contributed by atoms with Crippen LogP contribution in [-0.4, -0.2) is 5.51 Å². The Morgan fingerprint density at radius 3 is 1.57 bits per heavy atom. The highest BCUT2D eigenvalue weighted by molar-refractivity contribution is 8.00. The summed E-state index contributed by atoms with van der Waals surface area (Å²) in [5.41, 5.74) is -9.46. The summed E-state index contributed by atoms with van der Waals surface area (Å²) in [4.78, 5) is -0.884. The van der Waals surface area contributed by atoms with Gasteiger partial charge in [0.15, 0.2) is 0 Å². The van der Waals surface area contributed by atoms with Crippen LogP contribution in [0.4, 0.5) is 39.5 Å². The Hall–Kier alpha value is -1.06. The van der Waals surface area contributed by atoms with Gasteiger partial charge in [-0.05, 0) is 35.9 Å². The smallest absolute Gasteiger partial charge is 0.166 e. The summed E-state index contributed by atoms with van der Waals surface area (Å²) >= 11 is -0.866. The van der Waals surface area contributed by atoms with Crippen LogP contribution in [0.25, 0.3) is 0 Å². The Balaban J connectivity index is 3.57. The van der Waals surface area contributed by atoms with E-state index < -0.39 is 51.2 Å². The standard InChI is InChI=1S/C11H7F9S/c1-2-5-3-6(9(12,13)14)7(10(15,16)17)4-8(5)21-11(18,19)20/h3-4H,2H2,1H3. The molecule has 0 aliphatic heterocycles. The lowest BCUT2D eigenvalue weighted by Crippen LogP contribution is -2.18. The summed E-state index contributed by atoms with van der Waals surface area (Å²) < 4.78 is 113. The van der Waals surface area contributed by atoms with Gasteiger partial charge in [0.2, 0.25) is 0 Å². The molecule has 0 aliphatic rings. The van der Waals surface area contributed by atoms with Gasteiger partial charge in [0.25, 0.3) is 0 Å². The van der Waals surface area contributed by atoms with Crippen molar-refractivity contribution in [3.8, 4) is 0 Å². The summed E-state index contributed by atoms with van der Waals surface area (Å²) in [5, 5.41) is 0. The highest BCUT2D eigenvalue weighted by atomic mass is 32.2. The first-order chi connectivity index (χ1) is 9.25. The van der Waals surface area contributed by atoms with E-state index in [0.29, 0.717) is 0 Å². The lowest BCUT2D eigenvalue weighted by Gasteiger charge is -2.19. The molecular weight excluding hydrogens is 335 g/mol. The molecule has 0 fully saturated rings. The molecule has 10 heteroatoms. The predicted molar refractivity (Wildman–Crippen MR) is 57.7 cm³/mol. The Morgan fingerprint density at radius 1 is 0.810 bits per heavy atom. The predicted octanol–water partition coefficient (Wildman–Crippen LogP) is 5.90. The van der Waals surface area contributed by atoms with E-state index in [1.54, 1.807) is 0 Å². The minimum atomic E-state index is -5.40. The van der Waals surface area contributed by atoms with E-state index in [9.17, 15) is 39.5 Å². The zero-order valence-corrected chi connectivity index (χ0v) is 11.0. The fourth-order valence-corrected chi connectivity index (χ4v) is 2.35. The molecule has 0 heterocycles. The van der Waals surface area contributed by atoms with Crippen molar-refractivity contribution in [1.82, 2.24) is 0 Å². The molecule has 0 saturated heterocycles. The highest BCUT2D eigenvalue weighted by Gasteiger charge is 2.44. The first kappa shape index (κ1) is 18.0. The molecule has 0 amide bonds. The van der Waals surface area contributed by atoms with Crippen molar-refractivity contribution in [2.24, 2.45) is 0 Å². The van der Waals surface area contributed by atoms with Crippen molar-refractivity contribution in [1.29, 1.82) is 0 Å². The number of halogens is 9. The van der Waals surface area contributed by atoms with Gasteiger partial charge in [-0.3, -0.25) is 0 Å². The van der Waals surface area contributed by atoms with Crippen LogP contribution in [0.1, 0.15) is 23.6 Å². The molecule has 0 aliphatic carbocycles. The quantitative estimate of drug-likeness (QED) is 0.476. The van der Waals surface area contributed by atoms with Gasteiger partial charge in [0.1, 0.15) is 0 Å². The average molecular weight is 342 g/mol. The number of thioether (sulfide) groups is 1. The maximum absolute atomic E-state index is 12.6. The van der Waals surface area contributed by atoms with E-state index in [-0.39, 0.29) is 18.6 Å². The Labute approximate surface area is 117 Å². The molecule has 0 saturated carbocycles. The third-order valence-corrected chi connectivity index (χ3v) is 3.25. The zero-order valence-electron chi connectivity index (χ0n) is 10.2. The van der Waals surface area contributed by atoms with Gasteiger partial charge in [0, 0.05) is 4.90 Å². The summed E-state index contributed by atoms with van der Waals surface area (Å²) in [6, 6.07) is 0.0245. The Morgan fingerprint density at radius 2 is 1.24 bits per heavy atom. The van der Waals surface area contributed by atoms with Crippen molar-refractivity contribution in [2.45, 2.75) is 36.1 Å². The Kier molecular flexibility index (Phi) is 4.81. The molecule has 0 aromatic heterocycles. The summed E-state index contributed by atoms with van der Waals surface area (Å²) in [6.45, 7) is 1.25. The molecule has 1 aromatic carbocycles. The molecule has 0 spiro atoms. The number of hydrogen-bond donors (Lipinski definition) is 0. The largest absolute Gasteiger partial charge is 0.446 e. The van der Waals surface area contributed by atoms with Crippen LogP contribution in [0.3, 0.4) is 0 Å². The third-order valence-electron chi connectivity index (χ3n) is 2.42. The monoisotopic (exact) mass is 342 g/mol. The van der Waals surface area contributed by atoms with E-state index in [1.807, 2.05) is 0 Å². The van der Waals surface area contributed by atoms with Gasteiger partial charge in [-0.2, -0.15) is 39.5 Å². The third kappa shape index (κ3) is 4.72. The summed E-state index contributed by atoms with van der Waals surface area (Å²) in [5.74, 6) is 0. The molecule has 1 aromatic rings. The second kappa shape index (κ2) is 5.62. The van der Waals surface area contributed by atoms with Crippen LogP contribution in [0.15, 0.2) is 17.0 Å². The van der Waals surface area contributed by atoms with Crippen LogP contribution in [0, 0.1) is 0 Å². The maximum atomic E-state index is 12.6. The normalized spacial score (nSPS) is 13.6. The zero-order chi connectivity index (χ0) is 16.6. The van der Waals surface area contributed by atoms with E-state index >= 15 is 0 Å². The second-order valence-electron chi connectivity index (χ2n) is 3.90. The van der Waals surface area contributed by atoms with Crippen molar-refractivity contribution < 1.29 is 39.5 Å². The van der Waals surface area contributed by atoms with Crippen LogP contribution < -0.4 is 0 Å². The molecule has 0 bridgehead atoms. The maximum Gasteiger partial charge on any atom is 0.446 e.